The number of aliphatic carboxylic acids is 2. The van der Waals surface area contributed by atoms with Gasteiger partial charge in [0, 0.05) is 65.6 Å². The van der Waals surface area contributed by atoms with Crippen LogP contribution in [0.25, 0.3) is 6.08 Å². The van der Waals surface area contributed by atoms with Crippen LogP contribution in [0.4, 0.5) is 0 Å². The van der Waals surface area contributed by atoms with Crippen LogP contribution < -0.4 is 5.32 Å². The standard InChI is InChI=1S/C33H42N4O7S/c1-6-18-14(2)23(36-32(18)42)10-21-16(4)20(9-27(38)33(43)44)25(35-21)12-24-19(7-8-29(39)40)15(3)22(34-24)11-26-30(28-13-45-28)17(5)31(41)37-26/h11,17,27-28,30-31,34-35,37-38,41H,6-10,12-13H2,1-5H3,(H,39,40)(H,43,44)/p+1/b26-11-/t17-,27-,28-,30-,31?/m1/s1. The first kappa shape index (κ1) is 32.8. The van der Waals surface area contributed by atoms with E-state index in [1.807, 2.05) is 40.7 Å². The van der Waals surface area contributed by atoms with E-state index in [0.29, 0.717) is 53.5 Å². The van der Waals surface area contributed by atoms with Gasteiger partial charge in [-0.15, -0.1) is 0 Å². The molecule has 3 aliphatic heterocycles. The van der Waals surface area contributed by atoms with Crippen LogP contribution in [0.5, 0.6) is 0 Å². The molecule has 0 saturated carbocycles. The third kappa shape index (κ3) is 6.68. The molecular weight excluding hydrogens is 596 g/mol. The van der Waals surface area contributed by atoms with E-state index in [2.05, 4.69) is 20.3 Å². The van der Waals surface area contributed by atoms with Crippen LogP contribution in [-0.2, 0) is 51.8 Å². The molecule has 2 aromatic rings. The molecule has 3 aliphatic rings. The molecule has 45 heavy (non-hydrogen) atoms. The molecule has 5 heterocycles. The molecule has 0 radical (unpaired) electrons. The zero-order valence-electron chi connectivity index (χ0n) is 26.3. The Morgan fingerprint density at radius 3 is 2.36 bits per heavy atom. The van der Waals surface area contributed by atoms with E-state index in [4.69, 9.17) is 0 Å². The number of thiol groups is 1. The highest BCUT2D eigenvalue weighted by Crippen LogP contribution is 2.40. The summed E-state index contributed by atoms with van der Waals surface area (Å²) < 4.78 is 0. The number of hydrogen-bond acceptors (Lipinski definition) is 6. The van der Waals surface area contributed by atoms with E-state index >= 15 is 0 Å². The highest BCUT2D eigenvalue weighted by Gasteiger charge is 2.51. The second-order valence-electron chi connectivity index (χ2n) is 12.4. The van der Waals surface area contributed by atoms with Gasteiger partial charge in [0.15, 0.2) is 17.1 Å². The van der Waals surface area contributed by atoms with Crippen molar-refractivity contribution in [3.05, 3.63) is 61.9 Å². The van der Waals surface area contributed by atoms with Crippen LogP contribution in [0.2, 0.25) is 0 Å². The van der Waals surface area contributed by atoms with Crippen molar-refractivity contribution < 1.29 is 34.8 Å². The Balaban J connectivity index is 1.54. The fraction of sp³-hybridized carbons (Fsp3) is 0.515. The smallest absolute Gasteiger partial charge is 0.332 e. The number of carboxylic acids is 2. The number of aromatic amines is 2. The Morgan fingerprint density at radius 1 is 1.07 bits per heavy atom. The minimum Gasteiger partial charge on any atom is -0.481 e. The first-order chi connectivity index (χ1) is 21.3. The lowest BCUT2D eigenvalue weighted by molar-refractivity contribution is -0.146. The largest absolute Gasteiger partial charge is 0.481 e. The van der Waals surface area contributed by atoms with Crippen LogP contribution >= 0.6 is 0 Å². The van der Waals surface area contributed by atoms with E-state index < -0.39 is 24.3 Å². The van der Waals surface area contributed by atoms with Crippen molar-refractivity contribution >= 4 is 41.4 Å². The maximum absolute atomic E-state index is 12.4. The molecule has 5 rings (SSSR count). The number of carboxylic acid groups (broad SMARTS) is 2. The number of amides is 1. The molecule has 1 amide bonds. The minimum atomic E-state index is -1.61. The summed E-state index contributed by atoms with van der Waals surface area (Å²) in [5.41, 5.74) is 9.53. The molecule has 2 aromatic heterocycles. The molecule has 2 saturated heterocycles. The summed E-state index contributed by atoms with van der Waals surface area (Å²) in [7, 11) is 0. The average molecular weight is 640 g/mol. The lowest BCUT2D eigenvalue weighted by atomic mass is 9.91. The number of hydrogen-bond donors (Lipinski definition) is 7. The van der Waals surface area contributed by atoms with Crippen LogP contribution in [-0.4, -0.2) is 77.3 Å². The molecule has 11 nitrogen and oxygen atoms in total. The molecule has 2 fully saturated rings. The van der Waals surface area contributed by atoms with E-state index in [1.54, 1.807) is 0 Å². The zero-order valence-corrected chi connectivity index (χ0v) is 27.2. The minimum absolute atomic E-state index is 0.0574. The summed E-state index contributed by atoms with van der Waals surface area (Å²) in [4.78, 5) is 46.9. The third-order valence-electron chi connectivity index (χ3n) is 9.63. The summed E-state index contributed by atoms with van der Waals surface area (Å²) in [5, 5.41) is 43.7. The fourth-order valence-corrected chi connectivity index (χ4v) is 7.80. The first-order valence-electron chi connectivity index (χ1n) is 15.5. The number of allylic oxidation sites excluding steroid dienone is 2. The fourth-order valence-electron chi connectivity index (χ4n) is 6.79. The van der Waals surface area contributed by atoms with Crippen molar-refractivity contribution in [3.8, 4) is 0 Å². The summed E-state index contributed by atoms with van der Waals surface area (Å²) in [5.74, 6) is -1.07. The Morgan fingerprint density at radius 2 is 1.76 bits per heavy atom. The molecule has 7 N–H and O–H groups in total. The van der Waals surface area contributed by atoms with Crippen molar-refractivity contribution in [2.45, 2.75) is 90.7 Å². The van der Waals surface area contributed by atoms with Crippen LogP contribution in [0.3, 0.4) is 0 Å². The van der Waals surface area contributed by atoms with Gasteiger partial charge in [0.2, 0.25) is 0 Å². The lowest BCUT2D eigenvalue weighted by Gasteiger charge is -2.10. The zero-order chi connectivity index (χ0) is 32.7. The summed E-state index contributed by atoms with van der Waals surface area (Å²) in [6.07, 6.45) is 1.18. The average Bonchev–Trinajstić information content (AvgIpc) is 3.56. The van der Waals surface area contributed by atoms with Gasteiger partial charge in [0.1, 0.15) is 6.23 Å². The number of H-pyrrole nitrogens is 2. The topological polar surface area (TPSA) is 188 Å². The number of aliphatic hydroxyl groups excluding tert-OH is 2. The van der Waals surface area contributed by atoms with Gasteiger partial charge in [-0.1, -0.05) is 13.8 Å². The third-order valence-corrected chi connectivity index (χ3v) is 10.7. The van der Waals surface area contributed by atoms with E-state index in [-0.39, 0.29) is 30.6 Å². The molecule has 0 spiro atoms. The molecular formula is C33H43N4O7S+. The quantitative estimate of drug-likeness (QED) is 0.0989. The Hall–Kier alpha value is -3.61. The number of rotatable bonds is 13. The SMILES string of the molecule is CCC1=C(C)C(Cc2[nH]c(Cc3[nH]c(/C=C4\NC(O)[C@H](C)[C@H]4[C@H]4C[SH+]4)c(C)c3CCC(=O)O)c(C[C@@H](O)C(=O)O)c2C)=NC1=O. The van der Waals surface area contributed by atoms with Crippen molar-refractivity contribution in [1.29, 1.82) is 0 Å². The van der Waals surface area contributed by atoms with Gasteiger partial charge in [-0.2, -0.15) is 0 Å². The Kier molecular flexibility index (Phi) is 9.48. The second kappa shape index (κ2) is 13.0. The number of aliphatic imine (C=N–C) groups is 1. The maximum atomic E-state index is 12.4. The Labute approximate surface area is 266 Å². The predicted molar refractivity (Wildman–Crippen MR) is 173 cm³/mol. The maximum Gasteiger partial charge on any atom is 0.332 e. The van der Waals surface area contributed by atoms with E-state index in [9.17, 15) is 34.8 Å². The van der Waals surface area contributed by atoms with Gasteiger partial charge in [-0.3, -0.25) is 9.59 Å². The summed E-state index contributed by atoms with van der Waals surface area (Å²) >= 11 is 1.38. The van der Waals surface area contributed by atoms with Crippen LogP contribution in [0, 0.1) is 25.7 Å². The molecule has 5 atom stereocenters. The summed E-state index contributed by atoms with van der Waals surface area (Å²) in [6, 6.07) is 0. The normalized spacial score (nSPS) is 24.4. The van der Waals surface area contributed by atoms with Crippen LogP contribution in [0.15, 0.2) is 21.8 Å². The molecule has 12 heteroatoms. The van der Waals surface area contributed by atoms with Crippen molar-refractivity contribution in [2.75, 3.05) is 5.75 Å². The van der Waals surface area contributed by atoms with Crippen molar-refractivity contribution in [2.24, 2.45) is 16.8 Å². The number of nitrogens with one attached hydrogen (secondary N) is 3. The second-order valence-corrected chi connectivity index (χ2v) is 13.8. The van der Waals surface area contributed by atoms with E-state index in [0.717, 1.165) is 50.8 Å². The van der Waals surface area contributed by atoms with Gasteiger partial charge in [-0.25, -0.2) is 9.79 Å². The number of nitrogens with zero attached hydrogens (tertiary/aromatic N) is 1. The number of carbonyl (C=O) groups excluding carboxylic acids is 1. The highest BCUT2D eigenvalue weighted by atomic mass is 32.2. The number of aliphatic hydroxyl groups is 2. The molecule has 0 aromatic carbocycles. The highest BCUT2D eigenvalue weighted by molar-refractivity contribution is 7.86. The van der Waals surface area contributed by atoms with Gasteiger partial charge >= 0.3 is 11.9 Å². The monoisotopic (exact) mass is 639 g/mol. The molecule has 0 aliphatic carbocycles. The number of aromatic nitrogens is 2. The Bertz CT molecular complexity index is 1630. The van der Waals surface area contributed by atoms with Gasteiger partial charge in [0.25, 0.3) is 5.91 Å². The first-order valence-corrected chi connectivity index (χ1v) is 16.6. The van der Waals surface area contributed by atoms with Crippen molar-refractivity contribution in [3.63, 3.8) is 0 Å². The molecule has 1 unspecified atom stereocenters. The molecule has 242 valence electrons. The summed E-state index contributed by atoms with van der Waals surface area (Å²) in [6.45, 7) is 9.68. The molecule has 0 bridgehead atoms. The lowest BCUT2D eigenvalue weighted by Crippen LogP contribution is -2.24. The van der Waals surface area contributed by atoms with Gasteiger partial charge < -0.3 is 35.7 Å². The van der Waals surface area contributed by atoms with Gasteiger partial charge in [0.05, 0.1) is 11.6 Å². The van der Waals surface area contributed by atoms with Crippen molar-refractivity contribution in [1.82, 2.24) is 15.3 Å². The van der Waals surface area contributed by atoms with Gasteiger partial charge in [-0.05, 0) is 79.3 Å². The van der Waals surface area contributed by atoms with E-state index in [1.165, 1.54) is 11.8 Å². The van der Waals surface area contributed by atoms with Crippen LogP contribution in [0.1, 0.15) is 78.6 Å². The number of carbonyl (C=O) groups is 3. The predicted octanol–water partition coefficient (Wildman–Crippen LogP) is 2.52.